The molecule has 6 nitrogen and oxygen atoms in total. The second-order valence-electron chi connectivity index (χ2n) is 5.35. The number of aromatic nitrogens is 2. The first-order chi connectivity index (χ1) is 12.2. The van der Waals surface area contributed by atoms with Gasteiger partial charge in [0.1, 0.15) is 18.0 Å². The maximum atomic E-state index is 11.6. The van der Waals surface area contributed by atoms with Gasteiger partial charge in [-0.25, -0.2) is 14.8 Å². The maximum Gasteiger partial charge on any atom is 0.337 e. The van der Waals surface area contributed by atoms with E-state index in [1.165, 1.54) is 13.4 Å². The van der Waals surface area contributed by atoms with Crippen molar-refractivity contribution in [3.8, 4) is 0 Å². The highest BCUT2D eigenvalue weighted by atomic mass is 16.5. The number of anilines is 4. The molecule has 0 radical (unpaired) electrons. The van der Waals surface area contributed by atoms with Crippen LogP contribution in [-0.2, 0) is 4.74 Å². The highest BCUT2D eigenvalue weighted by Gasteiger charge is 2.08. The molecule has 0 fully saturated rings. The van der Waals surface area contributed by atoms with Crippen molar-refractivity contribution in [2.45, 2.75) is 0 Å². The van der Waals surface area contributed by atoms with Crippen LogP contribution >= 0.6 is 0 Å². The summed E-state index contributed by atoms with van der Waals surface area (Å²) in [4.78, 5) is 22.2. The monoisotopic (exact) mass is 334 g/mol. The number of carbonyl (C=O) groups excluding carboxylic acids is 1. The summed E-state index contributed by atoms with van der Waals surface area (Å²) >= 11 is 0. The van der Waals surface area contributed by atoms with E-state index >= 15 is 0 Å². The van der Waals surface area contributed by atoms with Crippen molar-refractivity contribution < 1.29 is 9.53 Å². The molecule has 3 aromatic rings. The van der Waals surface area contributed by atoms with Crippen LogP contribution in [0.25, 0.3) is 0 Å². The molecule has 2 aromatic carbocycles. The van der Waals surface area contributed by atoms with Gasteiger partial charge in [-0.3, -0.25) is 0 Å². The van der Waals surface area contributed by atoms with Crippen molar-refractivity contribution in [3.05, 3.63) is 72.6 Å². The zero-order chi connectivity index (χ0) is 17.6. The number of methoxy groups -OCH3 is 1. The summed E-state index contributed by atoms with van der Waals surface area (Å²) in [6.45, 7) is 0. The first-order valence-corrected chi connectivity index (χ1v) is 7.73. The van der Waals surface area contributed by atoms with Crippen LogP contribution in [0.5, 0.6) is 0 Å². The lowest BCUT2D eigenvalue weighted by atomic mass is 10.2. The third-order valence-electron chi connectivity index (χ3n) is 3.70. The van der Waals surface area contributed by atoms with Crippen molar-refractivity contribution >= 4 is 29.0 Å². The lowest BCUT2D eigenvalue weighted by Crippen LogP contribution is -2.11. The second-order valence-corrected chi connectivity index (χ2v) is 5.35. The molecule has 0 aliphatic carbocycles. The Morgan fingerprint density at radius 3 is 2.60 bits per heavy atom. The molecule has 0 aliphatic heterocycles. The van der Waals surface area contributed by atoms with Crippen LogP contribution in [0.15, 0.2) is 67.0 Å². The zero-order valence-electron chi connectivity index (χ0n) is 14.0. The highest BCUT2D eigenvalue weighted by Crippen LogP contribution is 2.24. The quantitative estimate of drug-likeness (QED) is 0.716. The van der Waals surface area contributed by atoms with Gasteiger partial charge >= 0.3 is 5.97 Å². The smallest absolute Gasteiger partial charge is 0.337 e. The first-order valence-electron chi connectivity index (χ1n) is 7.73. The number of benzene rings is 2. The number of hydrogen-bond donors (Lipinski definition) is 1. The summed E-state index contributed by atoms with van der Waals surface area (Å²) in [6.07, 6.45) is 1.50. The van der Waals surface area contributed by atoms with E-state index in [2.05, 4.69) is 15.3 Å². The average molecular weight is 334 g/mol. The second kappa shape index (κ2) is 7.44. The maximum absolute atomic E-state index is 11.6. The van der Waals surface area contributed by atoms with Crippen molar-refractivity contribution in [1.82, 2.24) is 9.97 Å². The van der Waals surface area contributed by atoms with Gasteiger partial charge < -0.3 is 15.0 Å². The van der Waals surface area contributed by atoms with Crippen LogP contribution in [0.2, 0.25) is 0 Å². The van der Waals surface area contributed by atoms with E-state index < -0.39 is 0 Å². The number of para-hydroxylation sites is 1. The van der Waals surface area contributed by atoms with Gasteiger partial charge in [-0.05, 0) is 30.3 Å². The van der Waals surface area contributed by atoms with Crippen molar-refractivity contribution in [2.24, 2.45) is 0 Å². The minimum absolute atomic E-state index is 0.379. The minimum atomic E-state index is -0.379. The van der Waals surface area contributed by atoms with Crippen molar-refractivity contribution in [2.75, 3.05) is 24.4 Å². The number of rotatable bonds is 5. The van der Waals surface area contributed by atoms with Crippen LogP contribution in [0.3, 0.4) is 0 Å². The van der Waals surface area contributed by atoms with E-state index in [9.17, 15) is 4.79 Å². The summed E-state index contributed by atoms with van der Waals surface area (Å²) in [7, 11) is 3.30. The van der Waals surface area contributed by atoms with Gasteiger partial charge in [-0.15, -0.1) is 0 Å². The van der Waals surface area contributed by atoms with E-state index in [-0.39, 0.29) is 5.97 Å². The predicted molar refractivity (Wildman–Crippen MR) is 97.6 cm³/mol. The molecule has 3 rings (SSSR count). The summed E-state index contributed by atoms with van der Waals surface area (Å²) in [5.41, 5.74) is 2.25. The number of nitrogens with zero attached hydrogens (tertiary/aromatic N) is 3. The summed E-state index contributed by atoms with van der Waals surface area (Å²) in [5.74, 6) is 1.01. The molecule has 0 unspecified atom stereocenters. The van der Waals surface area contributed by atoms with Gasteiger partial charge in [0.2, 0.25) is 0 Å². The Morgan fingerprint density at radius 2 is 1.84 bits per heavy atom. The number of ether oxygens (including phenoxy) is 1. The first kappa shape index (κ1) is 16.4. The van der Waals surface area contributed by atoms with E-state index in [1.54, 1.807) is 18.2 Å². The number of nitrogens with one attached hydrogen (secondary N) is 1. The minimum Gasteiger partial charge on any atom is -0.465 e. The molecule has 1 aromatic heterocycles. The molecule has 126 valence electrons. The zero-order valence-corrected chi connectivity index (χ0v) is 14.0. The van der Waals surface area contributed by atoms with Gasteiger partial charge in [0.15, 0.2) is 0 Å². The third-order valence-corrected chi connectivity index (χ3v) is 3.70. The van der Waals surface area contributed by atoms with E-state index in [0.717, 1.165) is 17.2 Å². The largest absolute Gasteiger partial charge is 0.465 e. The molecular weight excluding hydrogens is 316 g/mol. The van der Waals surface area contributed by atoms with E-state index in [4.69, 9.17) is 4.74 Å². The van der Waals surface area contributed by atoms with Crippen LogP contribution in [-0.4, -0.2) is 30.1 Å². The van der Waals surface area contributed by atoms with Crippen molar-refractivity contribution in [3.63, 3.8) is 0 Å². The fourth-order valence-electron chi connectivity index (χ4n) is 2.37. The Bertz CT molecular complexity index is 868. The van der Waals surface area contributed by atoms with Crippen LogP contribution in [0.1, 0.15) is 10.4 Å². The molecule has 6 heteroatoms. The molecule has 1 heterocycles. The molecule has 0 aliphatic rings. The topological polar surface area (TPSA) is 67.3 Å². The Labute approximate surface area is 146 Å². The van der Waals surface area contributed by atoms with E-state index in [0.29, 0.717) is 11.4 Å². The molecule has 0 bridgehead atoms. The van der Waals surface area contributed by atoms with Crippen LogP contribution < -0.4 is 10.2 Å². The Hall–Kier alpha value is -3.41. The molecular formula is C19H18N4O2. The van der Waals surface area contributed by atoms with Crippen LogP contribution in [0.4, 0.5) is 23.0 Å². The summed E-state index contributed by atoms with van der Waals surface area (Å²) in [5, 5.41) is 3.18. The molecule has 25 heavy (non-hydrogen) atoms. The molecule has 0 amide bonds. The number of esters is 1. The molecule has 0 spiro atoms. The predicted octanol–water partition coefficient (Wildman–Crippen LogP) is 3.77. The standard InChI is InChI=1S/C19H18N4O2/c1-23(16-9-4-3-5-10-16)18-12-17(20-13-21-18)22-15-8-6-7-14(11-15)19(24)25-2/h3-13H,1-2H3,(H,20,21,22). The summed E-state index contributed by atoms with van der Waals surface area (Å²) < 4.78 is 4.74. The summed E-state index contributed by atoms with van der Waals surface area (Å²) in [6, 6.07) is 18.8. The molecule has 0 atom stereocenters. The average Bonchev–Trinajstić information content (AvgIpc) is 2.68. The number of carbonyl (C=O) groups is 1. The van der Waals surface area contributed by atoms with Crippen LogP contribution in [0, 0.1) is 0 Å². The molecule has 0 saturated heterocycles. The lowest BCUT2D eigenvalue weighted by molar-refractivity contribution is 0.0601. The SMILES string of the molecule is COC(=O)c1cccc(Nc2cc(N(C)c3ccccc3)ncn2)c1. The lowest BCUT2D eigenvalue weighted by Gasteiger charge is -2.18. The van der Waals surface area contributed by atoms with Gasteiger partial charge in [0.25, 0.3) is 0 Å². The van der Waals surface area contributed by atoms with Gasteiger partial charge in [-0.2, -0.15) is 0 Å². The fraction of sp³-hybridized carbons (Fsp3) is 0.105. The Morgan fingerprint density at radius 1 is 1.04 bits per heavy atom. The fourth-order valence-corrected chi connectivity index (χ4v) is 2.37. The van der Waals surface area contributed by atoms with E-state index in [1.807, 2.05) is 54.4 Å². The molecule has 1 N–H and O–H groups in total. The van der Waals surface area contributed by atoms with Gasteiger partial charge in [-0.1, -0.05) is 24.3 Å². The Balaban J connectivity index is 1.82. The Kier molecular flexibility index (Phi) is 4.89. The van der Waals surface area contributed by atoms with Crippen molar-refractivity contribution in [1.29, 1.82) is 0 Å². The number of hydrogen-bond acceptors (Lipinski definition) is 6. The van der Waals surface area contributed by atoms with Gasteiger partial charge in [0, 0.05) is 24.5 Å². The van der Waals surface area contributed by atoms with Gasteiger partial charge in [0.05, 0.1) is 12.7 Å². The third kappa shape index (κ3) is 3.92. The highest BCUT2D eigenvalue weighted by molar-refractivity contribution is 5.90. The normalized spacial score (nSPS) is 10.2. The molecule has 0 saturated carbocycles.